The first-order chi connectivity index (χ1) is 11.1. The molecule has 1 saturated carbocycles. The zero-order valence-corrected chi connectivity index (χ0v) is 13.4. The molecule has 3 rings (SSSR count). The molecule has 5 heteroatoms. The largest absolute Gasteiger partial charge is 0.375 e. The Morgan fingerprint density at radius 2 is 2.09 bits per heavy atom. The normalized spacial score (nSPS) is 13.7. The number of halogens is 1. The Hall–Kier alpha value is -2.43. The maximum absolute atomic E-state index is 14.1. The topological polar surface area (TPSA) is 36.4 Å². The molecule has 0 N–H and O–H groups in total. The van der Waals surface area contributed by atoms with E-state index in [0.29, 0.717) is 17.8 Å². The van der Waals surface area contributed by atoms with Crippen molar-refractivity contribution < 1.29 is 9.18 Å². The van der Waals surface area contributed by atoms with Crippen LogP contribution in [0.2, 0.25) is 0 Å². The minimum absolute atomic E-state index is 0.124. The van der Waals surface area contributed by atoms with Gasteiger partial charge < -0.3 is 9.80 Å². The van der Waals surface area contributed by atoms with Gasteiger partial charge in [0.2, 0.25) is 0 Å². The number of hydrogen-bond donors (Lipinski definition) is 0. The highest BCUT2D eigenvalue weighted by Gasteiger charge is 2.33. The number of benzene rings is 1. The highest BCUT2D eigenvalue weighted by molar-refractivity contribution is 5.95. The van der Waals surface area contributed by atoms with E-state index in [-0.39, 0.29) is 17.8 Å². The van der Waals surface area contributed by atoms with Crippen LogP contribution >= 0.6 is 0 Å². The number of carbonyl (C=O) groups is 1. The summed E-state index contributed by atoms with van der Waals surface area (Å²) in [5.74, 6) is -0.501. The Kier molecular flexibility index (Phi) is 4.28. The lowest BCUT2D eigenvalue weighted by molar-refractivity contribution is 0.0729. The molecular weight excluding hydrogens is 293 g/mol. The zero-order chi connectivity index (χ0) is 16.4. The van der Waals surface area contributed by atoms with Gasteiger partial charge in [-0.2, -0.15) is 0 Å². The number of pyridine rings is 1. The second kappa shape index (κ2) is 6.36. The second-order valence-electron chi connectivity index (χ2n) is 6.09. The van der Waals surface area contributed by atoms with E-state index in [1.165, 1.54) is 6.07 Å². The van der Waals surface area contributed by atoms with Crippen LogP contribution < -0.4 is 4.90 Å². The predicted octanol–water partition coefficient (Wildman–Crippen LogP) is 3.09. The molecule has 120 valence electrons. The third kappa shape index (κ3) is 3.50. The van der Waals surface area contributed by atoms with Crippen molar-refractivity contribution in [2.24, 2.45) is 0 Å². The van der Waals surface area contributed by atoms with Crippen molar-refractivity contribution in [3.05, 3.63) is 59.7 Å². The van der Waals surface area contributed by atoms with E-state index in [1.54, 1.807) is 43.5 Å². The summed E-state index contributed by atoms with van der Waals surface area (Å²) in [6, 6.07) is 8.73. The molecule has 1 aromatic heterocycles. The van der Waals surface area contributed by atoms with Crippen molar-refractivity contribution in [1.82, 2.24) is 9.88 Å². The number of anilines is 1. The summed E-state index contributed by atoms with van der Waals surface area (Å²) in [5.41, 5.74) is 1.86. The molecule has 23 heavy (non-hydrogen) atoms. The first kappa shape index (κ1) is 15.5. The highest BCUT2D eigenvalue weighted by atomic mass is 19.1. The van der Waals surface area contributed by atoms with Crippen LogP contribution in [0.15, 0.2) is 42.7 Å². The maximum Gasteiger partial charge on any atom is 0.254 e. The highest BCUT2D eigenvalue weighted by Crippen LogP contribution is 2.30. The molecule has 4 nitrogen and oxygen atoms in total. The summed E-state index contributed by atoms with van der Waals surface area (Å²) >= 11 is 0. The molecule has 0 radical (unpaired) electrons. The van der Waals surface area contributed by atoms with Gasteiger partial charge in [-0.25, -0.2) is 4.39 Å². The average molecular weight is 313 g/mol. The molecule has 0 saturated heterocycles. The number of carbonyl (C=O) groups excluding carboxylic acids is 1. The van der Waals surface area contributed by atoms with E-state index < -0.39 is 0 Å². The third-order valence-corrected chi connectivity index (χ3v) is 4.00. The third-order valence-electron chi connectivity index (χ3n) is 4.00. The zero-order valence-electron chi connectivity index (χ0n) is 13.4. The van der Waals surface area contributed by atoms with E-state index >= 15 is 0 Å². The van der Waals surface area contributed by atoms with Gasteiger partial charge in [0.15, 0.2) is 0 Å². The molecule has 1 aliphatic carbocycles. The molecule has 1 heterocycles. The summed E-state index contributed by atoms with van der Waals surface area (Å²) in [6.45, 7) is 0.508. The van der Waals surface area contributed by atoms with Crippen LogP contribution in [-0.2, 0) is 6.54 Å². The van der Waals surface area contributed by atoms with Crippen LogP contribution in [-0.4, -0.2) is 35.9 Å². The Balaban J connectivity index is 1.83. The standard InChI is InChI=1S/C18H20FN3O/c1-21(2)17-8-5-14(10-16(17)19)18(23)22(15-6-7-15)12-13-4-3-9-20-11-13/h3-5,8-11,15H,6-7,12H2,1-2H3. The van der Waals surface area contributed by atoms with Crippen LogP contribution in [0.1, 0.15) is 28.8 Å². The van der Waals surface area contributed by atoms with Crippen molar-refractivity contribution in [3.8, 4) is 0 Å². The summed E-state index contributed by atoms with van der Waals surface area (Å²) < 4.78 is 14.1. The van der Waals surface area contributed by atoms with Crippen LogP contribution in [0.3, 0.4) is 0 Å². The summed E-state index contributed by atoms with van der Waals surface area (Å²) in [5, 5.41) is 0. The second-order valence-corrected chi connectivity index (χ2v) is 6.09. The molecule has 0 aliphatic heterocycles. The van der Waals surface area contributed by atoms with Crippen molar-refractivity contribution in [3.63, 3.8) is 0 Å². The minimum atomic E-state index is -0.377. The fourth-order valence-corrected chi connectivity index (χ4v) is 2.61. The molecule has 0 spiro atoms. The Morgan fingerprint density at radius 1 is 1.30 bits per heavy atom. The van der Waals surface area contributed by atoms with Gasteiger partial charge in [0.1, 0.15) is 5.82 Å². The molecule has 0 atom stereocenters. The first-order valence-electron chi connectivity index (χ1n) is 7.73. The van der Waals surface area contributed by atoms with Crippen LogP contribution in [0.25, 0.3) is 0 Å². The monoisotopic (exact) mass is 313 g/mol. The predicted molar refractivity (Wildman–Crippen MR) is 87.9 cm³/mol. The van der Waals surface area contributed by atoms with Gasteiger partial charge in [0.05, 0.1) is 5.69 Å². The number of nitrogens with zero attached hydrogens (tertiary/aromatic N) is 3. The fraction of sp³-hybridized carbons (Fsp3) is 0.333. The Bertz CT molecular complexity index is 699. The van der Waals surface area contributed by atoms with Crippen molar-refractivity contribution in [2.45, 2.75) is 25.4 Å². The van der Waals surface area contributed by atoms with E-state index in [9.17, 15) is 9.18 Å². The van der Waals surface area contributed by atoms with Crippen LogP contribution in [0, 0.1) is 5.82 Å². The molecule has 1 aliphatic rings. The van der Waals surface area contributed by atoms with Crippen molar-refractivity contribution in [2.75, 3.05) is 19.0 Å². The van der Waals surface area contributed by atoms with Crippen molar-refractivity contribution >= 4 is 11.6 Å². The Morgan fingerprint density at radius 3 is 2.65 bits per heavy atom. The van der Waals surface area contributed by atoms with Gasteiger partial charge in [-0.15, -0.1) is 0 Å². The van der Waals surface area contributed by atoms with Gasteiger partial charge in [-0.3, -0.25) is 9.78 Å². The lowest BCUT2D eigenvalue weighted by Crippen LogP contribution is -2.32. The fourth-order valence-electron chi connectivity index (χ4n) is 2.61. The first-order valence-corrected chi connectivity index (χ1v) is 7.73. The van der Waals surface area contributed by atoms with Crippen molar-refractivity contribution in [1.29, 1.82) is 0 Å². The van der Waals surface area contributed by atoms with Gasteiger partial charge in [-0.05, 0) is 42.7 Å². The Labute approximate surface area is 135 Å². The van der Waals surface area contributed by atoms with E-state index in [4.69, 9.17) is 0 Å². The summed E-state index contributed by atoms with van der Waals surface area (Å²) in [4.78, 5) is 20.4. The average Bonchev–Trinajstić information content (AvgIpc) is 3.37. The van der Waals surface area contributed by atoms with Gasteiger partial charge >= 0.3 is 0 Å². The van der Waals surface area contributed by atoms with Gasteiger partial charge in [-0.1, -0.05) is 6.07 Å². The molecule has 2 aromatic rings. The van der Waals surface area contributed by atoms with E-state index in [2.05, 4.69) is 4.98 Å². The van der Waals surface area contributed by atoms with Gasteiger partial charge in [0.25, 0.3) is 5.91 Å². The molecule has 0 bridgehead atoms. The minimum Gasteiger partial charge on any atom is -0.375 e. The number of rotatable bonds is 5. The van der Waals surface area contributed by atoms with Crippen LogP contribution in [0.4, 0.5) is 10.1 Å². The maximum atomic E-state index is 14.1. The van der Waals surface area contributed by atoms with Gasteiger partial charge in [0, 0.05) is 44.6 Å². The quantitative estimate of drug-likeness (QED) is 0.851. The number of hydrogen-bond acceptors (Lipinski definition) is 3. The SMILES string of the molecule is CN(C)c1ccc(C(=O)N(Cc2cccnc2)C2CC2)cc1F. The van der Waals surface area contributed by atoms with Crippen LogP contribution in [0.5, 0.6) is 0 Å². The van der Waals surface area contributed by atoms with E-state index in [0.717, 1.165) is 18.4 Å². The summed E-state index contributed by atoms with van der Waals surface area (Å²) in [6.07, 6.45) is 5.48. The molecule has 1 fully saturated rings. The molecule has 0 unspecified atom stereocenters. The summed E-state index contributed by atoms with van der Waals surface area (Å²) in [7, 11) is 3.55. The molecule has 1 amide bonds. The van der Waals surface area contributed by atoms with E-state index in [1.807, 2.05) is 17.0 Å². The number of aromatic nitrogens is 1. The lowest BCUT2D eigenvalue weighted by atomic mass is 10.1. The lowest BCUT2D eigenvalue weighted by Gasteiger charge is -2.23. The molecule has 1 aromatic carbocycles. The smallest absolute Gasteiger partial charge is 0.254 e. The molecular formula is C18H20FN3O. The number of amides is 1.